The fourth-order valence-electron chi connectivity index (χ4n) is 6.87. The molecule has 182 valence electrons. The number of hydrogen-bond donors (Lipinski definition) is 0. The van der Waals surface area contributed by atoms with Gasteiger partial charge < -0.3 is 4.74 Å². The van der Waals surface area contributed by atoms with Gasteiger partial charge in [-0.05, 0) is 101 Å². The van der Waals surface area contributed by atoms with Crippen molar-refractivity contribution < 1.29 is 9.53 Å². The van der Waals surface area contributed by atoms with Gasteiger partial charge in [-0.1, -0.05) is 52.4 Å². The van der Waals surface area contributed by atoms with Gasteiger partial charge in [0.25, 0.3) is 0 Å². The first-order valence-electron chi connectivity index (χ1n) is 14.2. The lowest BCUT2D eigenvalue weighted by Crippen LogP contribution is -2.33. The molecule has 3 fully saturated rings. The largest absolute Gasteiger partial charge is 0.462 e. The third-order valence-electron chi connectivity index (χ3n) is 9.47. The first kappa shape index (κ1) is 25.6. The van der Waals surface area contributed by atoms with Gasteiger partial charge >= 0.3 is 5.97 Å². The number of unbranched alkanes of at least 4 members (excludes halogenated alkanes) is 4. The number of rotatable bonds is 10. The molecule has 0 radical (unpaired) electrons. The molecule has 3 nitrogen and oxygen atoms in total. The molecule has 0 N–H and O–H groups in total. The Kier molecular flexibility index (Phi) is 10.4. The van der Waals surface area contributed by atoms with E-state index in [1.54, 1.807) is 0 Å². The average molecular weight is 444 g/mol. The Bertz CT molecular complexity index is 585. The molecule has 32 heavy (non-hydrogen) atoms. The van der Waals surface area contributed by atoms with Crippen LogP contribution in [0.3, 0.4) is 0 Å². The maximum Gasteiger partial charge on any atom is 0.309 e. The molecule has 0 spiro atoms. The number of hydrogen-bond acceptors (Lipinski definition) is 3. The fourth-order valence-corrected chi connectivity index (χ4v) is 6.87. The van der Waals surface area contributed by atoms with Crippen LogP contribution in [0, 0.1) is 40.4 Å². The molecule has 0 aromatic heterocycles. The van der Waals surface area contributed by atoms with Crippen LogP contribution in [0.2, 0.25) is 0 Å². The topological polar surface area (TPSA) is 50.1 Å². The van der Waals surface area contributed by atoms with Crippen molar-refractivity contribution >= 4 is 5.97 Å². The van der Waals surface area contributed by atoms with Gasteiger partial charge in [-0.15, -0.1) is 0 Å². The lowest BCUT2D eigenvalue weighted by Gasteiger charge is -2.40. The molecule has 3 rings (SSSR count). The molecule has 0 saturated heterocycles. The summed E-state index contributed by atoms with van der Waals surface area (Å²) >= 11 is 0. The summed E-state index contributed by atoms with van der Waals surface area (Å²) in [5, 5.41) is 9.55. The standard InChI is InChI=1S/C29H49NO2/c1-3-5-6-7-8-9-23-10-12-26(13-11-23)28(31)32-27-16-14-24(15-17-27)25-18-20-29(4-2,22-30)21-19-25/h23-27H,3-21H2,1-2H3/t23-,24?,25?,26-,27?,29?. The Hall–Kier alpha value is -1.04. The average Bonchev–Trinajstić information content (AvgIpc) is 2.85. The van der Waals surface area contributed by atoms with Crippen molar-refractivity contribution in [3.63, 3.8) is 0 Å². The molecule has 3 heteroatoms. The summed E-state index contributed by atoms with van der Waals surface area (Å²) in [5.41, 5.74) is -0.0444. The summed E-state index contributed by atoms with van der Waals surface area (Å²) in [6.07, 6.45) is 23.1. The molecule has 0 amide bonds. The van der Waals surface area contributed by atoms with Crippen LogP contribution < -0.4 is 0 Å². The lowest BCUT2D eigenvalue weighted by atomic mass is 9.65. The number of carbonyl (C=O) groups excluding carboxylic acids is 1. The Morgan fingerprint density at radius 3 is 2.06 bits per heavy atom. The van der Waals surface area contributed by atoms with Gasteiger partial charge in [0.1, 0.15) is 6.10 Å². The van der Waals surface area contributed by atoms with E-state index < -0.39 is 0 Å². The van der Waals surface area contributed by atoms with Gasteiger partial charge in [-0.3, -0.25) is 4.79 Å². The van der Waals surface area contributed by atoms with Crippen molar-refractivity contribution in [2.45, 2.75) is 142 Å². The van der Waals surface area contributed by atoms with Crippen LogP contribution in [0.25, 0.3) is 0 Å². The highest BCUT2D eigenvalue weighted by Gasteiger charge is 2.38. The van der Waals surface area contributed by atoms with E-state index in [0.29, 0.717) is 0 Å². The normalized spacial score (nSPS) is 35.7. The predicted octanol–water partition coefficient (Wildman–Crippen LogP) is 8.37. The summed E-state index contributed by atoms with van der Waals surface area (Å²) in [6.45, 7) is 4.44. The Morgan fingerprint density at radius 2 is 1.47 bits per heavy atom. The Balaban J connectivity index is 1.30. The number of nitrogens with zero attached hydrogens (tertiary/aromatic N) is 1. The smallest absolute Gasteiger partial charge is 0.309 e. The first-order valence-corrected chi connectivity index (χ1v) is 14.2. The number of nitriles is 1. The zero-order valence-corrected chi connectivity index (χ0v) is 21.1. The lowest BCUT2D eigenvalue weighted by molar-refractivity contribution is -0.157. The number of esters is 1. The molecule has 3 saturated carbocycles. The van der Waals surface area contributed by atoms with E-state index in [2.05, 4.69) is 19.9 Å². The molecule has 0 heterocycles. The van der Waals surface area contributed by atoms with Crippen molar-refractivity contribution in [3.8, 4) is 6.07 Å². The molecule has 0 bridgehead atoms. The van der Waals surface area contributed by atoms with Gasteiger partial charge in [0.15, 0.2) is 0 Å². The maximum absolute atomic E-state index is 12.8. The van der Waals surface area contributed by atoms with Crippen LogP contribution >= 0.6 is 0 Å². The van der Waals surface area contributed by atoms with E-state index in [4.69, 9.17) is 4.74 Å². The third-order valence-corrected chi connectivity index (χ3v) is 9.47. The molecular formula is C29H49NO2. The highest BCUT2D eigenvalue weighted by atomic mass is 16.5. The highest BCUT2D eigenvalue weighted by Crippen LogP contribution is 2.46. The summed E-state index contributed by atoms with van der Waals surface area (Å²) < 4.78 is 6.01. The molecule has 0 aliphatic heterocycles. The van der Waals surface area contributed by atoms with Crippen LogP contribution in [-0.2, 0) is 9.53 Å². The fraction of sp³-hybridized carbons (Fsp3) is 0.931. The van der Waals surface area contributed by atoms with Crippen molar-refractivity contribution in [2.75, 3.05) is 0 Å². The number of ether oxygens (including phenoxy) is 1. The van der Waals surface area contributed by atoms with Crippen LogP contribution in [0.4, 0.5) is 0 Å². The van der Waals surface area contributed by atoms with Crippen LogP contribution in [0.15, 0.2) is 0 Å². The Labute approximate surface area is 198 Å². The van der Waals surface area contributed by atoms with Crippen LogP contribution in [0.5, 0.6) is 0 Å². The van der Waals surface area contributed by atoms with Crippen LogP contribution in [0.1, 0.15) is 136 Å². The van der Waals surface area contributed by atoms with Gasteiger partial charge in [0.05, 0.1) is 17.4 Å². The zero-order chi connectivity index (χ0) is 22.8. The van der Waals surface area contributed by atoms with E-state index in [1.807, 2.05) is 0 Å². The maximum atomic E-state index is 12.8. The van der Waals surface area contributed by atoms with E-state index in [0.717, 1.165) is 62.7 Å². The summed E-state index contributed by atoms with van der Waals surface area (Å²) in [7, 11) is 0. The third kappa shape index (κ3) is 7.23. The predicted molar refractivity (Wildman–Crippen MR) is 131 cm³/mol. The summed E-state index contributed by atoms with van der Waals surface area (Å²) in [5.74, 6) is 2.69. The second kappa shape index (κ2) is 13.0. The summed E-state index contributed by atoms with van der Waals surface area (Å²) in [4.78, 5) is 12.8. The molecule has 3 aliphatic rings. The van der Waals surface area contributed by atoms with Gasteiger partial charge in [-0.2, -0.15) is 5.26 Å². The van der Waals surface area contributed by atoms with E-state index >= 15 is 0 Å². The molecule has 3 aliphatic carbocycles. The molecule has 0 aromatic carbocycles. The van der Waals surface area contributed by atoms with Crippen molar-refractivity contribution in [3.05, 3.63) is 0 Å². The minimum Gasteiger partial charge on any atom is -0.462 e. The minimum atomic E-state index is -0.0444. The molecule has 0 unspecified atom stereocenters. The SMILES string of the molecule is CCCCCCC[C@H]1CC[C@H](C(=O)OC2CCC(C3CCC(C#N)(CC)CC3)CC2)CC1. The van der Waals surface area contributed by atoms with E-state index in [9.17, 15) is 10.1 Å². The first-order chi connectivity index (χ1) is 15.6. The molecule has 0 aromatic rings. The second-order valence-electron chi connectivity index (χ2n) is 11.5. The van der Waals surface area contributed by atoms with Gasteiger partial charge in [0, 0.05) is 0 Å². The Morgan fingerprint density at radius 1 is 0.844 bits per heavy atom. The van der Waals surface area contributed by atoms with Crippen molar-refractivity contribution in [1.29, 1.82) is 5.26 Å². The monoisotopic (exact) mass is 443 g/mol. The molecule has 0 atom stereocenters. The zero-order valence-electron chi connectivity index (χ0n) is 21.1. The minimum absolute atomic E-state index is 0.0444. The van der Waals surface area contributed by atoms with Crippen LogP contribution in [-0.4, -0.2) is 12.1 Å². The number of carbonyl (C=O) groups is 1. The highest BCUT2D eigenvalue weighted by molar-refractivity contribution is 5.72. The molecular weight excluding hydrogens is 394 g/mol. The van der Waals surface area contributed by atoms with Crippen molar-refractivity contribution in [1.82, 2.24) is 0 Å². The second-order valence-corrected chi connectivity index (χ2v) is 11.5. The van der Waals surface area contributed by atoms with E-state index in [1.165, 1.54) is 77.0 Å². The van der Waals surface area contributed by atoms with Crippen molar-refractivity contribution in [2.24, 2.45) is 29.1 Å². The van der Waals surface area contributed by atoms with Gasteiger partial charge in [0.2, 0.25) is 0 Å². The van der Waals surface area contributed by atoms with Gasteiger partial charge in [-0.25, -0.2) is 0 Å². The quantitative estimate of drug-likeness (QED) is 0.252. The van der Waals surface area contributed by atoms with E-state index in [-0.39, 0.29) is 23.4 Å². The summed E-state index contributed by atoms with van der Waals surface area (Å²) in [6, 6.07) is 2.61.